The standard InChI is InChI=1S/C19H22N2O5/c22-15(23)10-20-18(25)16-17(24)13-7-6-12(9-14(13)21-19(16)26)8-11-4-2-1-3-5-11/h6-7,9,11H,1-5,8,10H2,(H,20,25)(H,22,23)(H2,21,24,26). The molecule has 1 amide bonds. The number of benzene rings is 1. The summed E-state index contributed by atoms with van der Waals surface area (Å²) in [6, 6.07) is 5.42. The van der Waals surface area contributed by atoms with Crippen molar-refractivity contribution in [2.24, 2.45) is 5.92 Å². The molecule has 1 fully saturated rings. The number of aromatic hydroxyl groups is 1. The van der Waals surface area contributed by atoms with Crippen LogP contribution >= 0.6 is 0 Å². The lowest BCUT2D eigenvalue weighted by Gasteiger charge is -2.21. The van der Waals surface area contributed by atoms with Gasteiger partial charge in [0.1, 0.15) is 17.9 Å². The third kappa shape index (κ3) is 3.87. The van der Waals surface area contributed by atoms with Crippen LogP contribution in [0, 0.1) is 5.92 Å². The van der Waals surface area contributed by atoms with Crippen LogP contribution in [0.5, 0.6) is 5.75 Å². The first-order chi connectivity index (χ1) is 12.5. The van der Waals surface area contributed by atoms with Gasteiger partial charge in [-0.05, 0) is 30.0 Å². The van der Waals surface area contributed by atoms with E-state index in [0.29, 0.717) is 16.8 Å². The Labute approximate surface area is 150 Å². The van der Waals surface area contributed by atoms with Gasteiger partial charge in [-0.15, -0.1) is 0 Å². The van der Waals surface area contributed by atoms with E-state index in [1.54, 1.807) is 6.07 Å². The Morgan fingerprint density at radius 3 is 2.62 bits per heavy atom. The number of fused-ring (bicyclic) bond motifs is 1. The van der Waals surface area contributed by atoms with Crippen molar-refractivity contribution in [3.8, 4) is 5.75 Å². The van der Waals surface area contributed by atoms with Gasteiger partial charge >= 0.3 is 5.97 Å². The number of carboxylic acid groups (broad SMARTS) is 1. The maximum atomic E-state index is 12.2. The van der Waals surface area contributed by atoms with E-state index in [-0.39, 0.29) is 0 Å². The van der Waals surface area contributed by atoms with Gasteiger partial charge < -0.3 is 20.5 Å². The van der Waals surface area contributed by atoms with Gasteiger partial charge in [0.15, 0.2) is 0 Å². The third-order valence-corrected chi connectivity index (χ3v) is 4.93. The number of pyridine rings is 1. The van der Waals surface area contributed by atoms with Gasteiger partial charge in [-0.3, -0.25) is 14.4 Å². The molecule has 0 radical (unpaired) electrons. The molecule has 1 aliphatic carbocycles. The number of carbonyl (C=O) groups is 2. The molecule has 2 aromatic rings. The monoisotopic (exact) mass is 358 g/mol. The first-order valence-electron chi connectivity index (χ1n) is 8.83. The van der Waals surface area contributed by atoms with Crippen molar-refractivity contribution in [1.82, 2.24) is 10.3 Å². The minimum atomic E-state index is -1.23. The van der Waals surface area contributed by atoms with E-state index in [9.17, 15) is 19.5 Å². The maximum absolute atomic E-state index is 12.2. The molecule has 7 heteroatoms. The predicted molar refractivity (Wildman–Crippen MR) is 96.5 cm³/mol. The third-order valence-electron chi connectivity index (χ3n) is 4.93. The molecule has 1 aliphatic rings. The minimum absolute atomic E-state index is 0.359. The Hall–Kier alpha value is -2.83. The van der Waals surface area contributed by atoms with Crippen LogP contribution < -0.4 is 10.9 Å². The summed E-state index contributed by atoms with van der Waals surface area (Å²) in [6.07, 6.45) is 7.15. The molecule has 0 unspecified atom stereocenters. The van der Waals surface area contributed by atoms with Gasteiger partial charge in [0.2, 0.25) is 0 Å². The number of aliphatic carboxylic acids is 1. The number of carboxylic acids is 1. The first kappa shape index (κ1) is 18.0. The topological polar surface area (TPSA) is 119 Å². The van der Waals surface area contributed by atoms with Crippen molar-refractivity contribution in [2.45, 2.75) is 38.5 Å². The number of amides is 1. The lowest BCUT2D eigenvalue weighted by Crippen LogP contribution is -2.33. The van der Waals surface area contributed by atoms with E-state index in [1.807, 2.05) is 12.1 Å². The second kappa shape index (κ2) is 7.59. The highest BCUT2D eigenvalue weighted by atomic mass is 16.4. The van der Waals surface area contributed by atoms with Crippen molar-refractivity contribution >= 4 is 22.8 Å². The molecule has 0 saturated heterocycles. The average Bonchev–Trinajstić information content (AvgIpc) is 2.60. The van der Waals surface area contributed by atoms with Crippen LogP contribution in [0.2, 0.25) is 0 Å². The fourth-order valence-corrected chi connectivity index (χ4v) is 3.63. The molecule has 7 nitrogen and oxygen atoms in total. The largest absolute Gasteiger partial charge is 0.506 e. The SMILES string of the molecule is O=C(O)CNC(=O)c1c(O)c2ccc(CC3CCCCC3)cc2[nH]c1=O. The van der Waals surface area contributed by atoms with Crippen LogP contribution in [0.25, 0.3) is 10.9 Å². The van der Waals surface area contributed by atoms with Crippen molar-refractivity contribution in [1.29, 1.82) is 0 Å². The Kier molecular flexibility index (Phi) is 5.25. The Morgan fingerprint density at radius 2 is 1.92 bits per heavy atom. The van der Waals surface area contributed by atoms with Crippen LogP contribution in [0.3, 0.4) is 0 Å². The van der Waals surface area contributed by atoms with Crippen molar-refractivity contribution in [2.75, 3.05) is 6.54 Å². The summed E-state index contributed by atoms with van der Waals surface area (Å²) in [4.78, 5) is 37.4. The van der Waals surface area contributed by atoms with Crippen LogP contribution in [0.1, 0.15) is 48.0 Å². The highest BCUT2D eigenvalue weighted by Crippen LogP contribution is 2.29. The molecular formula is C19H22N2O5. The average molecular weight is 358 g/mol. The zero-order valence-electron chi connectivity index (χ0n) is 14.4. The minimum Gasteiger partial charge on any atom is -0.506 e. The van der Waals surface area contributed by atoms with Crippen LogP contribution in [-0.4, -0.2) is 33.6 Å². The molecule has 0 spiro atoms. The Bertz CT molecular complexity index is 897. The van der Waals surface area contributed by atoms with E-state index < -0.39 is 35.3 Å². The molecule has 0 aliphatic heterocycles. The van der Waals surface area contributed by atoms with E-state index in [1.165, 1.54) is 32.1 Å². The number of hydrogen-bond acceptors (Lipinski definition) is 4. The molecule has 4 N–H and O–H groups in total. The van der Waals surface area contributed by atoms with Crippen molar-refractivity contribution in [3.63, 3.8) is 0 Å². The lowest BCUT2D eigenvalue weighted by molar-refractivity contribution is -0.135. The van der Waals surface area contributed by atoms with E-state index in [0.717, 1.165) is 12.0 Å². The molecular weight excluding hydrogens is 336 g/mol. The molecule has 1 saturated carbocycles. The lowest BCUT2D eigenvalue weighted by atomic mass is 9.85. The van der Waals surface area contributed by atoms with Gasteiger partial charge in [-0.25, -0.2) is 0 Å². The van der Waals surface area contributed by atoms with Crippen molar-refractivity contribution in [3.05, 3.63) is 39.7 Å². The summed E-state index contributed by atoms with van der Waals surface area (Å²) < 4.78 is 0. The Morgan fingerprint density at radius 1 is 1.19 bits per heavy atom. The smallest absolute Gasteiger partial charge is 0.322 e. The number of aromatic amines is 1. The van der Waals surface area contributed by atoms with Gasteiger partial charge in [0.05, 0.1) is 5.52 Å². The summed E-state index contributed by atoms with van der Waals surface area (Å²) in [5.74, 6) is -1.94. The summed E-state index contributed by atoms with van der Waals surface area (Å²) in [5, 5.41) is 21.4. The van der Waals surface area contributed by atoms with Crippen LogP contribution in [-0.2, 0) is 11.2 Å². The fourth-order valence-electron chi connectivity index (χ4n) is 3.63. The van der Waals surface area contributed by atoms with Gasteiger partial charge in [-0.1, -0.05) is 38.2 Å². The summed E-state index contributed by atoms with van der Waals surface area (Å²) in [5.41, 5.74) is 0.338. The molecule has 3 rings (SSSR count). The molecule has 1 aromatic heterocycles. The summed E-state index contributed by atoms with van der Waals surface area (Å²) in [7, 11) is 0. The summed E-state index contributed by atoms with van der Waals surface area (Å²) in [6.45, 7) is -0.629. The second-order valence-corrected chi connectivity index (χ2v) is 6.84. The maximum Gasteiger partial charge on any atom is 0.322 e. The normalized spacial score (nSPS) is 15.1. The molecule has 1 heterocycles. The Balaban J connectivity index is 1.89. The van der Waals surface area contributed by atoms with Gasteiger partial charge in [0.25, 0.3) is 11.5 Å². The number of hydrogen-bond donors (Lipinski definition) is 4. The van der Waals surface area contributed by atoms with E-state index in [4.69, 9.17) is 5.11 Å². The molecule has 0 bridgehead atoms. The first-order valence-corrected chi connectivity index (χ1v) is 8.83. The number of carbonyl (C=O) groups excluding carboxylic acids is 1. The number of nitrogens with one attached hydrogen (secondary N) is 2. The van der Waals surface area contributed by atoms with E-state index >= 15 is 0 Å². The number of H-pyrrole nitrogens is 1. The molecule has 138 valence electrons. The molecule has 0 atom stereocenters. The van der Waals surface area contributed by atoms with E-state index in [2.05, 4.69) is 10.3 Å². The van der Waals surface area contributed by atoms with Crippen LogP contribution in [0.15, 0.2) is 23.0 Å². The zero-order valence-corrected chi connectivity index (χ0v) is 14.4. The summed E-state index contributed by atoms with van der Waals surface area (Å²) >= 11 is 0. The highest BCUT2D eigenvalue weighted by molar-refractivity contribution is 6.02. The van der Waals surface area contributed by atoms with Crippen LogP contribution in [0.4, 0.5) is 0 Å². The highest BCUT2D eigenvalue weighted by Gasteiger charge is 2.20. The zero-order chi connectivity index (χ0) is 18.7. The fraction of sp³-hybridized carbons (Fsp3) is 0.421. The molecule has 26 heavy (non-hydrogen) atoms. The molecule has 1 aromatic carbocycles. The number of aromatic nitrogens is 1. The van der Waals surface area contributed by atoms with Gasteiger partial charge in [-0.2, -0.15) is 0 Å². The second-order valence-electron chi connectivity index (χ2n) is 6.84. The number of rotatable bonds is 5. The predicted octanol–water partition coefficient (Wildman–Crippen LogP) is 2.17. The van der Waals surface area contributed by atoms with Crippen molar-refractivity contribution < 1.29 is 19.8 Å². The van der Waals surface area contributed by atoms with Gasteiger partial charge in [0, 0.05) is 5.39 Å². The quantitative estimate of drug-likeness (QED) is 0.653.